The molecule has 1 fully saturated rings. The largest absolute Gasteiger partial charge is 0.492 e. The van der Waals surface area contributed by atoms with Crippen molar-refractivity contribution in [2.75, 3.05) is 33.8 Å². The number of benzene rings is 2. The molecule has 142 valence electrons. The highest BCUT2D eigenvalue weighted by Gasteiger charge is 2.56. The number of para-hydroxylation sites is 1. The van der Waals surface area contributed by atoms with Gasteiger partial charge in [-0.25, -0.2) is 0 Å². The van der Waals surface area contributed by atoms with E-state index in [9.17, 15) is 9.90 Å². The number of hydrogen-bond acceptors (Lipinski definition) is 4. The minimum Gasteiger partial charge on any atom is -0.492 e. The molecule has 0 unspecified atom stereocenters. The van der Waals surface area contributed by atoms with Crippen LogP contribution < -0.4 is 4.74 Å². The van der Waals surface area contributed by atoms with Gasteiger partial charge in [-0.1, -0.05) is 42.5 Å². The standard InChI is InChI=1S/C22H26N2O3/c1-23(2)11-16-6-5-7-17(10-16)12-24-13-19-18-8-3-4-9-20(18)27-15-22(19,14-24)21(25)26/h3-10,19H,11-15H2,1-2H3,(H,25,26)/t19-,22-/m0/s1. The van der Waals surface area contributed by atoms with E-state index in [1.54, 1.807) is 0 Å². The quantitative estimate of drug-likeness (QED) is 0.882. The summed E-state index contributed by atoms with van der Waals surface area (Å²) in [5.74, 6) is 0.0324. The second kappa shape index (κ2) is 6.98. The maximum Gasteiger partial charge on any atom is 0.315 e. The number of carboxylic acid groups (broad SMARTS) is 1. The summed E-state index contributed by atoms with van der Waals surface area (Å²) < 4.78 is 5.85. The van der Waals surface area contributed by atoms with Gasteiger partial charge < -0.3 is 14.7 Å². The maximum atomic E-state index is 12.2. The van der Waals surface area contributed by atoms with Gasteiger partial charge in [0, 0.05) is 32.1 Å². The van der Waals surface area contributed by atoms with Crippen LogP contribution in [0, 0.1) is 5.41 Å². The van der Waals surface area contributed by atoms with E-state index >= 15 is 0 Å². The molecular weight excluding hydrogens is 340 g/mol. The van der Waals surface area contributed by atoms with Crippen LogP contribution in [0.1, 0.15) is 22.6 Å². The van der Waals surface area contributed by atoms with Crippen LogP contribution in [0.2, 0.25) is 0 Å². The van der Waals surface area contributed by atoms with Gasteiger partial charge in [-0.15, -0.1) is 0 Å². The molecular formula is C22H26N2O3. The minimum absolute atomic E-state index is 0.0371. The second-order valence-corrected chi connectivity index (χ2v) is 8.07. The average molecular weight is 366 g/mol. The monoisotopic (exact) mass is 366 g/mol. The van der Waals surface area contributed by atoms with Crippen molar-refractivity contribution in [2.24, 2.45) is 5.41 Å². The van der Waals surface area contributed by atoms with E-state index in [0.717, 1.165) is 30.9 Å². The van der Waals surface area contributed by atoms with Crippen LogP contribution in [0.25, 0.3) is 0 Å². The van der Waals surface area contributed by atoms with Gasteiger partial charge in [0.1, 0.15) is 17.8 Å². The molecule has 27 heavy (non-hydrogen) atoms. The van der Waals surface area contributed by atoms with Gasteiger partial charge in [0.05, 0.1) is 0 Å². The fourth-order valence-corrected chi connectivity index (χ4v) is 4.50. The molecule has 4 rings (SSSR count). The fourth-order valence-electron chi connectivity index (χ4n) is 4.50. The van der Waals surface area contributed by atoms with E-state index in [0.29, 0.717) is 6.54 Å². The van der Waals surface area contributed by atoms with E-state index in [4.69, 9.17) is 4.74 Å². The summed E-state index contributed by atoms with van der Waals surface area (Å²) in [4.78, 5) is 16.6. The van der Waals surface area contributed by atoms with Crippen molar-refractivity contribution in [1.82, 2.24) is 9.80 Å². The van der Waals surface area contributed by atoms with Crippen molar-refractivity contribution < 1.29 is 14.6 Å². The zero-order chi connectivity index (χ0) is 19.0. The van der Waals surface area contributed by atoms with E-state index in [2.05, 4.69) is 48.2 Å². The minimum atomic E-state index is -0.865. The predicted molar refractivity (Wildman–Crippen MR) is 104 cm³/mol. The zero-order valence-electron chi connectivity index (χ0n) is 15.9. The first-order valence-corrected chi connectivity index (χ1v) is 9.38. The third-order valence-electron chi connectivity index (χ3n) is 5.72. The van der Waals surface area contributed by atoms with Gasteiger partial charge in [0.15, 0.2) is 0 Å². The van der Waals surface area contributed by atoms with Crippen molar-refractivity contribution in [1.29, 1.82) is 0 Å². The first-order valence-electron chi connectivity index (χ1n) is 9.38. The third kappa shape index (κ3) is 3.33. The summed E-state index contributed by atoms with van der Waals surface area (Å²) in [5, 5.41) is 10.0. The number of likely N-dealkylation sites (tertiary alicyclic amines) is 1. The SMILES string of the molecule is CN(C)Cc1cccc(CN2C[C@H]3c4ccccc4OC[C@@]3(C(=O)O)C2)c1. The summed E-state index contributed by atoms with van der Waals surface area (Å²) >= 11 is 0. The Labute approximate surface area is 160 Å². The summed E-state index contributed by atoms with van der Waals surface area (Å²) in [6, 6.07) is 16.4. The van der Waals surface area contributed by atoms with Crippen molar-refractivity contribution in [3.05, 3.63) is 65.2 Å². The predicted octanol–water partition coefficient (Wildman–Crippen LogP) is 2.81. The molecule has 2 atom stereocenters. The highest BCUT2D eigenvalue weighted by atomic mass is 16.5. The first-order chi connectivity index (χ1) is 13.0. The summed E-state index contributed by atoms with van der Waals surface area (Å²) in [7, 11) is 4.12. The summed E-state index contributed by atoms with van der Waals surface area (Å²) in [6.07, 6.45) is 0. The lowest BCUT2D eigenvalue weighted by Crippen LogP contribution is -2.45. The number of nitrogens with zero attached hydrogens (tertiary/aromatic N) is 2. The number of fused-ring (bicyclic) bond motifs is 3. The van der Waals surface area contributed by atoms with Crippen LogP contribution >= 0.6 is 0 Å². The second-order valence-electron chi connectivity index (χ2n) is 8.07. The molecule has 1 saturated heterocycles. The average Bonchev–Trinajstić information content (AvgIpc) is 3.01. The Morgan fingerprint density at radius 1 is 1.22 bits per heavy atom. The molecule has 0 aromatic heterocycles. The topological polar surface area (TPSA) is 53.0 Å². The van der Waals surface area contributed by atoms with Gasteiger partial charge in [-0.05, 0) is 36.9 Å². The van der Waals surface area contributed by atoms with Crippen LogP contribution in [0.5, 0.6) is 5.75 Å². The molecule has 0 bridgehead atoms. The molecule has 1 N–H and O–H groups in total. The summed E-state index contributed by atoms with van der Waals surface area (Å²) in [6.45, 7) is 3.15. The molecule has 5 heteroatoms. The molecule has 2 aliphatic rings. The molecule has 0 amide bonds. The molecule has 2 aliphatic heterocycles. The van der Waals surface area contributed by atoms with E-state index in [-0.39, 0.29) is 12.5 Å². The Balaban J connectivity index is 1.58. The zero-order valence-corrected chi connectivity index (χ0v) is 15.9. The molecule has 2 aromatic rings. The molecule has 2 aromatic carbocycles. The lowest BCUT2D eigenvalue weighted by Gasteiger charge is -2.35. The number of carbonyl (C=O) groups is 1. The van der Waals surface area contributed by atoms with Crippen molar-refractivity contribution in [3.8, 4) is 5.75 Å². The van der Waals surface area contributed by atoms with E-state index < -0.39 is 11.4 Å². The van der Waals surface area contributed by atoms with Gasteiger partial charge in [0.2, 0.25) is 0 Å². The van der Waals surface area contributed by atoms with Crippen molar-refractivity contribution in [3.63, 3.8) is 0 Å². The Morgan fingerprint density at radius 2 is 2.00 bits per heavy atom. The highest BCUT2D eigenvalue weighted by Crippen LogP contribution is 2.49. The Bertz CT molecular complexity index is 851. The molecule has 0 aliphatic carbocycles. The fraction of sp³-hybridized carbons (Fsp3) is 0.409. The van der Waals surface area contributed by atoms with Crippen LogP contribution in [0.3, 0.4) is 0 Å². The first kappa shape index (κ1) is 18.0. The number of hydrogen-bond donors (Lipinski definition) is 1. The Hall–Kier alpha value is -2.37. The van der Waals surface area contributed by atoms with Gasteiger partial charge in [0.25, 0.3) is 0 Å². The lowest BCUT2D eigenvalue weighted by molar-refractivity contribution is -0.151. The molecule has 5 nitrogen and oxygen atoms in total. The Morgan fingerprint density at radius 3 is 2.78 bits per heavy atom. The lowest BCUT2D eigenvalue weighted by atomic mass is 9.73. The van der Waals surface area contributed by atoms with Crippen LogP contribution in [-0.4, -0.2) is 54.7 Å². The molecule has 0 spiro atoms. The third-order valence-corrected chi connectivity index (χ3v) is 5.72. The number of ether oxygens (including phenoxy) is 1. The van der Waals surface area contributed by atoms with Gasteiger partial charge in [-0.3, -0.25) is 9.69 Å². The van der Waals surface area contributed by atoms with Gasteiger partial charge >= 0.3 is 5.97 Å². The van der Waals surface area contributed by atoms with Crippen molar-refractivity contribution >= 4 is 5.97 Å². The highest BCUT2D eigenvalue weighted by molar-refractivity contribution is 5.78. The van der Waals surface area contributed by atoms with Gasteiger partial charge in [-0.2, -0.15) is 0 Å². The molecule has 0 saturated carbocycles. The number of carboxylic acids is 1. The van der Waals surface area contributed by atoms with Crippen LogP contribution in [0.4, 0.5) is 0 Å². The maximum absolute atomic E-state index is 12.2. The van der Waals surface area contributed by atoms with E-state index in [1.165, 1.54) is 11.1 Å². The number of aliphatic carboxylic acids is 1. The smallest absolute Gasteiger partial charge is 0.315 e. The number of rotatable bonds is 5. The van der Waals surface area contributed by atoms with Crippen LogP contribution in [0.15, 0.2) is 48.5 Å². The Kier molecular flexibility index (Phi) is 4.66. The van der Waals surface area contributed by atoms with Crippen molar-refractivity contribution in [2.45, 2.75) is 19.0 Å². The summed E-state index contributed by atoms with van der Waals surface area (Å²) in [5.41, 5.74) is 2.66. The molecule has 2 heterocycles. The van der Waals surface area contributed by atoms with Crippen LogP contribution in [-0.2, 0) is 17.9 Å². The van der Waals surface area contributed by atoms with E-state index in [1.807, 2.05) is 24.3 Å². The normalized spacial score (nSPS) is 24.3. The molecule has 0 radical (unpaired) electrons.